The Labute approximate surface area is 543 Å². The van der Waals surface area contributed by atoms with Crippen LogP contribution in [0, 0.1) is 35.3 Å². The third kappa shape index (κ3) is 18.0. The van der Waals surface area contributed by atoms with Crippen LogP contribution in [0.5, 0.6) is 46.0 Å². The van der Waals surface area contributed by atoms with Crippen molar-refractivity contribution in [2.45, 2.75) is 73.6 Å². The van der Waals surface area contributed by atoms with Gasteiger partial charge in [0.1, 0.15) is 0 Å². The summed E-state index contributed by atoms with van der Waals surface area (Å²) >= 11 is 4.60. The number of carboxylic acids is 2. The molecule has 0 bridgehead atoms. The highest BCUT2D eigenvalue weighted by Crippen LogP contribution is 2.44. The summed E-state index contributed by atoms with van der Waals surface area (Å²) in [6.07, 6.45) is 0.294. The second-order valence-corrected chi connectivity index (χ2v) is 25.2. The summed E-state index contributed by atoms with van der Waals surface area (Å²) in [4.78, 5) is 97.7. The van der Waals surface area contributed by atoms with Crippen molar-refractivity contribution < 1.29 is 110 Å². The number of phenolic OH excluding ortho intramolecular Hbond substituents is 1. The number of thiophene rings is 4. The van der Waals surface area contributed by atoms with Gasteiger partial charge in [-0.2, -0.15) is 0 Å². The lowest BCUT2D eigenvalue weighted by molar-refractivity contribution is -0.145. The number of hydrogen-bond donors (Lipinski definition) is 3. The number of aliphatic carboxylic acids is 2. The summed E-state index contributed by atoms with van der Waals surface area (Å²) in [5.41, 5.74) is 0. The van der Waals surface area contributed by atoms with Gasteiger partial charge >= 0.3 is 23.9 Å². The van der Waals surface area contributed by atoms with Gasteiger partial charge in [-0.05, 0) is 47.2 Å². The number of carbonyl (C=O) groups excluding carboxylic acids is 6. The lowest BCUT2D eigenvalue weighted by atomic mass is 10.0. The molecule has 92 heavy (non-hydrogen) atoms. The van der Waals surface area contributed by atoms with Crippen LogP contribution < -0.4 is 33.2 Å². The third-order valence-corrected chi connectivity index (χ3v) is 18.5. The quantitative estimate of drug-likeness (QED) is 0.0149. The number of esters is 2. The minimum atomic E-state index is -1.09. The van der Waals surface area contributed by atoms with Crippen LogP contribution in [-0.4, -0.2) is 131 Å². The largest absolute Gasteiger partial charge is 0.504 e. The third-order valence-electron chi connectivity index (χ3n) is 14.0. The monoisotopic (exact) mass is 1350 g/mol. The van der Waals surface area contributed by atoms with E-state index in [-0.39, 0.29) is 134 Å². The normalized spacial score (nSPS) is 12.4. The van der Waals surface area contributed by atoms with Gasteiger partial charge in [-0.15, -0.1) is 45.3 Å². The van der Waals surface area contributed by atoms with Crippen LogP contribution in [-0.2, 0) is 33.4 Å². The first kappa shape index (κ1) is 72.6. The molecule has 3 N–H and O–H groups in total. The molecule has 0 aliphatic carbocycles. The van der Waals surface area contributed by atoms with Gasteiger partial charge in [-0.25, -0.2) is 8.78 Å². The Balaban J connectivity index is 0.000000291. The van der Waals surface area contributed by atoms with Crippen LogP contribution in [0.25, 0.3) is 40.3 Å². The summed E-state index contributed by atoms with van der Waals surface area (Å²) in [7, 11) is 6.80. The van der Waals surface area contributed by atoms with E-state index >= 15 is 8.78 Å². The number of Topliss-reactive ketones (excluding diaryl/α,β-unsaturated/α-hetero) is 4. The maximum atomic E-state index is 15.6. The number of methoxy groups -OCH3 is 5. The molecule has 4 atom stereocenters. The molecular formula is C65H70F2O21S4. The Morgan fingerprint density at radius 1 is 0.435 bits per heavy atom. The van der Waals surface area contributed by atoms with Gasteiger partial charge in [0.2, 0.25) is 0 Å². The highest BCUT2D eigenvalue weighted by molar-refractivity contribution is 7.22. The molecule has 8 aromatic rings. The van der Waals surface area contributed by atoms with Crippen molar-refractivity contribution in [1.29, 1.82) is 0 Å². The molecule has 0 saturated heterocycles. The molecule has 4 aromatic heterocycles. The second-order valence-electron chi connectivity index (χ2n) is 20.9. The zero-order valence-electron chi connectivity index (χ0n) is 50.9. The number of aromatic hydroxyl groups is 1. The van der Waals surface area contributed by atoms with Gasteiger partial charge in [0.15, 0.2) is 87.6 Å². The number of fused-ring (bicyclic) bond motifs is 4. The maximum absolute atomic E-state index is 15.6. The zero-order valence-corrected chi connectivity index (χ0v) is 54.2. The Kier molecular flexibility index (Phi) is 26.2. The molecule has 0 aliphatic heterocycles. The van der Waals surface area contributed by atoms with E-state index < -0.39 is 65.0 Å². The van der Waals surface area contributed by atoms with E-state index in [2.05, 4.69) is 0 Å². The number of benzene rings is 4. The van der Waals surface area contributed by atoms with Crippen LogP contribution in [0.4, 0.5) is 8.78 Å². The molecule has 21 nitrogen and oxygen atoms in total. The van der Waals surface area contributed by atoms with Crippen molar-refractivity contribution in [2.24, 2.45) is 23.7 Å². The number of carbonyl (C=O) groups is 8. The number of carboxylic acid groups (broad SMARTS) is 2. The number of phenols is 1. The molecule has 4 aromatic carbocycles. The summed E-state index contributed by atoms with van der Waals surface area (Å²) in [5, 5.41) is 30.3. The van der Waals surface area contributed by atoms with Crippen LogP contribution in [0.2, 0.25) is 0 Å². The number of halogens is 2. The molecule has 0 radical (unpaired) electrons. The van der Waals surface area contributed by atoms with Gasteiger partial charge in [0.05, 0.1) is 98.0 Å². The molecule has 8 rings (SSSR count). The second kappa shape index (κ2) is 33.2. The lowest BCUT2D eigenvalue weighted by Crippen LogP contribution is -2.16. The summed E-state index contributed by atoms with van der Waals surface area (Å²) < 4.78 is 87.5. The Morgan fingerprint density at radius 2 is 0.783 bits per heavy atom. The summed E-state index contributed by atoms with van der Waals surface area (Å²) in [6, 6.07) is 16.0. The highest BCUT2D eigenvalue weighted by Gasteiger charge is 2.27. The molecule has 494 valence electrons. The standard InChI is InChI=1S/C34H37FO11S2.C30H29FO10S2.CH4/c1-18(33(38)42-5)10-22(36)29-13-20-12-24(25(46-17-40-3)15-27(20)47-29)44-8-7-9-45-32-26(41-4)16-28-21(31(32)35)14-30(48-28)23(37)11-19(2)34(39)43-6;1-14(29(35)36)7-19(33)25-10-16-9-21(18(32)12-23(16)42-25)40-5-4-6-41-28-22(39-3)13-24-17(27(28)31)11-26(43-24)20(34)8-15(2)30(37)38;/h12-16,18-19H,7-11,17H2,1-6H3;9-15,32H,4-8H2,1-3H3,(H,35,36)(H,37,38);1H4/t18-,19-;14-,15-;/m00./s1. The van der Waals surface area contributed by atoms with Crippen molar-refractivity contribution >= 4 is 133 Å². The van der Waals surface area contributed by atoms with Gasteiger partial charge < -0.3 is 62.7 Å². The maximum Gasteiger partial charge on any atom is 0.308 e. The predicted octanol–water partition coefficient (Wildman–Crippen LogP) is 13.9. The SMILES string of the molecule is C.COCOc1cc2sc(C(=O)C[C@H](C)C(=O)OC)cc2cc1OCCCOc1c(OC)cc2sc(C(=O)C[C@H](C)C(=O)OC)cc2c1F.COc1cc2sc(C(=O)C[C@H](C)C(=O)O)cc2c(F)c1OCCCOc1cc2cc(C(=O)C[C@H](C)C(=O)O)sc2cc1O. The fourth-order valence-electron chi connectivity index (χ4n) is 8.98. The molecule has 0 unspecified atom stereocenters. The van der Waals surface area contributed by atoms with Crippen LogP contribution in [0.15, 0.2) is 60.7 Å². The van der Waals surface area contributed by atoms with Crippen molar-refractivity contribution in [2.75, 3.05) is 68.8 Å². The van der Waals surface area contributed by atoms with E-state index in [4.69, 9.17) is 57.6 Å². The first-order valence-electron chi connectivity index (χ1n) is 28.2. The van der Waals surface area contributed by atoms with Crippen molar-refractivity contribution in [3.63, 3.8) is 0 Å². The van der Waals surface area contributed by atoms with E-state index in [1.807, 2.05) is 0 Å². The number of ketones is 4. The minimum Gasteiger partial charge on any atom is -0.504 e. The van der Waals surface area contributed by atoms with Gasteiger partial charge in [-0.1, -0.05) is 35.1 Å². The Morgan fingerprint density at radius 3 is 1.18 bits per heavy atom. The molecule has 0 spiro atoms. The summed E-state index contributed by atoms with van der Waals surface area (Å²) in [5.74, 6) is -7.52. The topological polar surface area (TPSA) is 290 Å². The lowest BCUT2D eigenvalue weighted by Gasteiger charge is -2.14. The molecule has 0 saturated carbocycles. The van der Waals surface area contributed by atoms with E-state index in [9.17, 15) is 43.5 Å². The fourth-order valence-corrected chi connectivity index (χ4v) is 13.1. The first-order valence-corrected chi connectivity index (χ1v) is 31.5. The van der Waals surface area contributed by atoms with Crippen molar-refractivity contribution in [1.82, 2.24) is 0 Å². The van der Waals surface area contributed by atoms with Crippen LogP contribution in [0.1, 0.15) is 112 Å². The molecule has 0 aliphatic rings. The summed E-state index contributed by atoms with van der Waals surface area (Å²) in [6.45, 7) is 6.51. The van der Waals surface area contributed by atoms with Crippen LogP contribution >= 0.6 is 45.3 Å². The molecule has 0 fully saturated rings. The Hall–Kier alpha value is -8.50. The number of rotatable bonds is 33. The molecular weight excluding hydrogens is 1280 g/mol. The van der Waals surface area contributed by atoms with E-state index in [1.54, 1.807) is 56.3 Å². The first-order chi connectivity index (χ1) is 43.4. The van der Waals surface area contributed by atoms with E-state index in [0.29, 0.717) is 58.5 Å². The number of ether oxygens (including phenoxy) is 10. The van der Waals surface area contributed by atoms with Crippen molar-refractivity contribution in [3.05, 3.63) is 91.8 Å². The predicted molar refractivity (Wildman–Crippen MR) is 344 cm³/mol. The molecule has 0 amide bonds. The minimum absolute atomic E-state index is 0. The van der Waals surface area contributed by atoms with E-state index in [0.717, 1.165) is 44.1 Å². The highest BCUT2D eigenvalue weighted by atomic mass is 32.1. The Bertz CT molecular complexity index is 4010. The molecule has 4 heterocycles. The number of hydrogen-bond acceptors (Lipinski definition) is 23. The zero-order chi connectivity index (χ0) is 66.4. The average molecular weight is 1350 g/mol. The molecule has 27 heteroatoms. The average Bonchev–Trinajstić information content (AvgIpc) is 1.63. The van der Waals surface area contributed by atoms with E-state index in [1.165, 1.54) is 78.9 Å². The van der Waals surface area contributed by atoms with Crippen LogP contribution in [0.3, 0.4) is 0 Å². The van der Waals surface area contributed by atoms with Gasteiger partial charge in [0.25, 0.3) is 0 Å². The smallest absolute Gasteiger partial charge is 0.308 e. The van der Waals surface area contributed by atoms with Gasteiger partial charge in [0, 0.05) is 99.5 Å². The fraction of sp³-hybridized carbons (Fsp3) is 0.385. The van der Waals surface area contributed by atoms with Gasteiger partial charge in [-0.3, -0.25) is 38.4 Å². The van der Waals surface area contributed by atoms with Crippen molar-refractivity contribution in [3.8, 4) is 46.0 Å².